The lowest BCUT2D eigenvalue weighted by atomic mass is 9.99. The Morgan fingerprint density at radius 1 is 0.480 bits per heavy atom. The normalized spacial score (nSPS) is 13.4. The lowest BCUT2D eigenvalue weighted by molar-refractivity contribution is 1.07. The molecule has 1 aliphatic rings. The summed E-state index contributed by atoms with van der Waals surface area (Å²) in [4.78, 5) is 15.5. The third-order valence-electron chi connectivity index (χ3n) is 9.54. The zero-order valence-electron chi connectivity index (χ0n) is 27.9. The zero-order valence-corrected chi connectivity index (χ0v) is 28.9. The molecule has 4 heteroatoms. The van der Waals surface area contributed by atoms with Crippen molar-refractivity contribution >= 4 is 29.2 Å². The maximum absolute atomic E-state index is 5.24. The average molecular weight is 658 g/mol. The van der Waals surface area contributed by atoms with Crippen LogP contribution in [0.25, 0.3) is 50.9 Å². The second-order valence-corrected chi connectivity index (χ2v) is 16.1. The summed E-state index contributed by atoms with van der Waals surface area (Å²) in [5.74, 6) is 1.93. The fourth-order valence-corrected chi connectivity index (χ4v) is 12.6. The molecule has 0 bridgehead atoms. The molecule has 50 heavy (non-hydrogen) atoms. The van der Waals surface area contributed by atoms with E-state index in [1.54, 1.807) is 0 Å². The van der Waals surface area contributed by atoms with Crippen molar-refractivity contribution in [3.63, 3.8) is 0 Å². The maximum atomic E-state index is 5.24. The molecule has 0 aliphatic carbocycles. The SMILES string of the molecule is C=CC1=C(/C=C\C)c2ccc(-c3nc(-c4ccccc4)nc(-c4ccccc4-c4ccccc4)n3)cc2[Si]1(c1ccccc1)c1ccccc1. The number of allylic oxidation sites excluding steroid dienone is 5. The monoisotopic (exact) mass is 657 g/mol. The summed E-state index contributed by atoms with van der Waals surface area (Å²) in [6.07, 6.45) is 6.47. The molecule has 2 heterocycles. The Labute approximate surface area is 294 Å². The summed E-state index contributed by atoms with van der Waals surface area (Å²) in [6, 6.07) is 57.7. The largest absolute Gasteiger partial charge is 0.208 e. The second-order valence-electron chi connectivity index (χ2n) is 12.4. The first-order valence-corrected chi connectivity index (χ1v) is 18.9. The van der Waals surface area contributed by atoms with Crippen LogP contribution in [0.5, 0.6) is 0 Å². The minimum absolute atomic E-state index is 0.642. The van der Waals surface area contributed by atoms with Crippen LogP contribution in [0.1, 0.15) is 12.5 Å². The molecule has 6 aromatic carbocycles. The molecule has 0 amide bonds. The number of nitrogens with zero attached hydrogens (tertiary/aromatic N) is 3. The lowest BCUT2D eigenvalue weighted by Gasteiger charge is -2.32. The van der Waals surface area contributed by atoms with Crippen LogP contribution >= 0.6 is 0 Å². The van der Waals surface area contributed by atoms with Crippen LogP contribution in [0.4, 0.5) is 0 Å². The molecule has 0 spiro atoms. The molecule has 8 rings (SSSR count). The second kappa shape index (κ2) is 13.3. The quantitative estimate of drug-likeness (QED) is 0.153. The van der Waals surface area contributed by atoms with E-state index in [-0.39, 0.29) is 0 Å². The average Bonchev–Trinajstić information content (AvgIpc) is 3.48. The molecule has 238 valence electrons. The lowest BCUT2D eigenvalue weighted by Crippen LogP contribution is -2.67. The Morgan fingerprint density at radius 3 is 1.56 bits per heavy atom. The van der Waals surface area contributed by atoms with Crippen LogP contribution in [-0.4, -0.2) is 23.0 Å². The van der Waals surface area contributed by atoms with Gasteiger partial charge in [-0.15, -0.1) is 0 Å². The predicted octanol–water partition coefficient (Wildman–Crippen LogP) is 9.08. The topological polar surface area (TPSA) is 38.7 Å². The fraction of sp³-hybridized carbons (Fsp3) is 0.0217. The fourth-order valence-electron chi connectivity index (χ4n) is 7.38. The smallest absolute Gasteiger partial charge is 0.180 e. The Hall–Kier alpha value is -6.23. The Kier molecular flexibility index (Phi) is 8.29. The van der Waals surface area contributed by atoms with Gasteiger partial charge in [0, 0.05) is 16.7 Å². The van der Waals surface area contributed by atoms with Crippen molar-refractivity contribution in [2.45, 2.75) is 6.92 Å². The molecule has 0 atom stereocenters. The molecule has 7 aromatic rings. The molecule has 0 saturated heterocycles. The number of hydrogen-bond acceptors (Lipinski definition) is 3. The van der Waals surface area contributed by atoms with E-state index in [4.69, 9.17) is 15.0 Å². The number of benzene rings is 6. The van der Waals surface area contributed by atoms with Crippen molar-refractivity contribution < 1.29 is 0 Å². The van der Waals surface area contributed by atoms with Gasteiger partial charge in [-0.25, -0.2) is 15.0 Å². The van der Waals surface area contributed by atoms with E-state index in [2.05, 4.69) is 165 Å². The van der Waals surface area contributed by atoms with Crippen molar-refractivity contribution in [3.05, 3.63) is 199 Å². The molecule has 0 saturated carbocycles. The van der Waals surface area contributed by atoms with Gasteiger partial charge in [0.25, 0.3) is 0 Å². The number of fused-ring (bicyclic) bond motifs is 1. The minimum atomic E-state index is -2.77. The first-order valence-electron chi connectivity index (χ1n) is 16.9. The van der Waals surface area contributed by atoms with E-state index in [1.165, 1.54) is 31.9 Å². The molecular weight excluding hydrogens is 623 g/mol. The first-order chi connectivity index (χ1) is 24.7. The Balaban J connectivity index is 1.40. The van der Waals surface area contributed by atoms with Crippen LogP contribution in [0.2, 0.25) is 0 Å². The van der Waals surface area contributed by atoms with Crippen LogP contribution in [0, 0.1) is 0 Å². The van der Waals surface area contributed by atoms with Crippen molar-refractivity contribution in [3.8, 4) is 45.3 Å². The zero-order chi connectivity index (χ0) is 33.9. The molecule has 0 fully saturated rings. The predicted molar refractivity (Wildman–Crippen MR) is 211 cm³/mol. The van der Waals surface area contributed by atoms with Gasteiger partial charge in [-0.3, -0.25) is 0 Å². The van der Waals surface area contributed by atoms with Crippen molar-refractivity contribution in [1.82, 2.24) is 15.0 Å². The molecular formula is C46H35N3Si. The summed E-state index contributed by atoms with van der Waals surface area (Å²) in [6.45, 7) is 6.50. The highest BCUT2D eigenvalue weighted by molar-refractivity contribution is 7.18. The van der Waals surface area contributed by atoms with Crippen LogP contribution < -0.4 is 15.6 Å². The summed E-state index contributed by atoms with van der Waals surface area (Å²) >= 11 is 0. The molecule has 1 aromatic heterocycles. The van der Waals surface area contributed by atoms with Crippen molar-refractivity contribution in [2.75, 3.05) is 0 Å². The molecule has 0 radical (unpaired) electrons. The highest BCUT2D eigenvalue weighted by atomic mass is 28.3. The van der Waals surface area contributed by atoms with Crippen molar-refractivity contribution in [2.24, 2.45) is 0 Å². The Morgan fingerprint density at radius 2 is 0.980 bits per heavy atom. The van der Waals surface area contributed by atoms with Gasteiger partial charge in [0.1, 0.15) is 0 Å². The molecule has 3 nitrogen and oxygen atoms in total. The van der Waals surface area contributed by atoms with E-state index in [0.29, 0.717) is 17.5 Å². The van der Waals surface area contributed by atoms with Gasteiger partial charge in [0.05, 0.1) is 0 Å². The van der Waals surface area contributed by atoms with E-state index in [1.807, 2.05) is 30.3 Å². The van der Waals surface area contributed by atoms with Crippen molar-refractivity contribution in [1.29, 1.82) is 0 Å². The van der Waals surface area contributed by atoms with Crippen LogP contribution in [0.15, 0.2) is 194 Å². The van der Waals surface area contributed by atoms with Gasteiger partial charge < -0.3 is 0 Å². The van der Waals surface area contributed by atoms with Crippen LogP contribution in [-0.2, 0) is 0 Å². The summed E-state index contributed by atoms with van der Waals surface area (Å²) < 4.78 is 0. The molecule has 0 unspecified atom stereocenters. The minimum Gasteiger partial charge on any atom is -0.208 e. The van der Waals surface area contributed by atoms with E-state index < -0.39 is 8.07 Å². The first kappa shape index (κ1) is 31.1. The van der Waals surface area contributed by atoms with Gasteiger partial charge in [0.2, 0.25) is 0 Å². The summed E-state index contributed by atoms with van der Waals surface area (Å²) in [5, 5.41) is 5.23. The maximum Gasteiger partial charge on any atom is 0.180 e. The van der Waals surface area contributed by atoms with Gasteiger partial charge in [0.15, 0.2) is 25.5 Å². The van der Waals surface area contributed by atoms with Crippen LogP contribution in [0.3, 0.4) is 0 Å². The van der Waals surface area contributed by atoms with Gasteiger partial charge in [-0.05, 0) is 49.9 Å². The highest BCUT2D eigenvalue weighted by Gasteiger charge is 2.48. The van der Waals surface area contributed by atoms with Gasteiger partial charge in [-0.1, -0.05) is 189 Å². The van der Waals surface area contributed by atoms with E-state index in [9.17, 15) is 0 Å². The number of rotatable bonds is 8. The van der Waals surface area contributed by atoms with Gasteiger partial charge in [-0.2, -0.15) is 0 Å². The summed E-state index contributed by atoms with van der Waals surface area (Å²) in [7, 11) is -2.77. The standard InChI is InChI=1S/C46H35N3Si/c1-3-19-39-40-31-30-35(32-43(40)50(42(39)4-2,36-24-13-7-14-25-36)37-26-15-8-16-27-37)45-47-44(34-22-11-6-12-23-34)48-46(49-45)41-29-18-17-28-38(41)33-20-9-5-10-21-33/h3-32H,2H2,1H3/b19-3-. The molecule has 1 aliphatic heterocycles. The summed E-state index contributed by atoms with van der Waals surface area (Å²) in [5.41, 5.74) is 7.51. The van der Waals surface area contributed by atoms with E-state index in [0.717, 1.165) is 27.8 Å². The highest BCUT2D eigenvalue weighted by Crippen LogP contribution is 2.38. The van der Waals surface area contributed by atoms with E-state index >= 15 is 0 Å². The van der Waals surface area contributed by atoms with Gasteiger partial charge >= 0.3 is 0 Å². The number of hydrogen-bond donors (Lipinski definition) is 0. The third kappa shape index (κ3) is 5.27. The third-order valence-corrected chi connectivity index (χ3v) is 14.4. The Bertz CT molecular complexity index is 2340. The molecule has 0 N–H and O–H groups in total. The number of aromatic nitrogens is 3.